The standard InChI is InChI=1S/C20H23NO3/c1-3-15(2)17-9-11-18(12-10-17)21-19(22)14-24-20(23)13-16-7-5-4-6-8-16/h4-12,15H,3,13-14H2,1-2H3,(H,21,22)/t15-/m0/s1. The molecule has 0 fully saturated rings. The first-order valence-electron chi connectivity index (χ1n) is 8.18. The molecule has 24 heavy (non-hydrogen) atoms. The summed E-state index contributed by atoms with van der Waals surface area (Å²) in [5, 5.41) is 2.73. The van der Waals surface area contributed by atoms with E-state index in [1.807, 2.05) is 54.6 Å². The van der Waals surface area contributed by atoms with E-state index in [-0.39, 0.29) is 18.9 Å². The molecule has 0 aliphatic carbocycles. The summed E-state index contributed by atoms with van der Waals surface area (Å²) in [5.74, 6) is -0.259. The van der Waals surface area contributed by atoms with Crippen molar-refractivity contribution < 1.29 is 14.3 Å². The maximum atomic E-state index is 11.9. The molecule has 4 heteroatoms. The molecule has 1 amide bonds. The Morgan fingerprint density at radius 1 is 1.04 bits per heavy atom. The molecule has 0 aliphatic heterocycles. The van der Waals surface area contributed by atoms with Crippen LogP contribution < -0.4 is 5.32 Å². The molecule has 0 saturated carbocycles. The molecule has 0 unspecified atom stereocenters. The Balaban J connectivity index is 1.77. The highest BCUT2D eigenvalue weighted by molar-refractivity contribution is 5.92. The molecule has 2 aromatic rings. The van der Waals surface area contributed by atoms with Gasteiger partial charge in [0.05, 0.1) is 6.42 Å². The number of carbonyl (C=O) groups excluding carboxylic acids is 2. The highest BCUT2D eigenvalue weighted by Crippen LogP contribution is 2.20. The zero-order valence-corrected chi connectivity index (χ0v) is 14.1. The number of benzene rings is 2. The minimum atomic E-state index is -0.413. The summed E-state index contributed by atoms with van der Waals surface area (Å²) in [6, 6.07) is 17.0. The average molecular weight is 325 g/mol. The van der Waals surface area contributed by atoms with Crippen LogP contribution >= 0.6 is 0 Å². The Kier molecular flexibility index (Phi) is 6.55. The molecular formula is C20H23NO3. The zero-order chi connectivity index (χ0) is 17.4. The van der Waals surface area contributed by atoms with Crippen LogP contribution in [0.25, 0.3) is 0 Å². The van der Waals surface area contributed by atoms with Gasteiger partial charge >= 0.3 is 5.97 Å². The molecule has 2 rings (SSSR count). The van der Waals surface area contributed by atoms with Crippen molar-refractivity contribution >= 4 is 17.6 Å². The van der Waals surface area contributed by atoms with Crippen LogP contribution in [-0.4, -0.2) is 18.5 Å². The van der Waals surface area contributed by atoms with Crippen molar-refractivity contribution in [3.63, 3.8) is 0 Å². The van der Waals surface area contributed by atoms with Crippen molar-refractivity contribution in [2.45, 2.75) is 32.6 Å². The van der Waals surface area contributed by atoms with Crippen LogP contribution in [0, 0.1) is 0 Å². The SMILES string of the molecule is CC[C@H](C)c1ccc(NC(=O)COC(=O)Cc2ccccc2)cc1. The molecule has 2 aromatic carbocycles. The van der Waals surface area contributed by atoms with Crippen LogP contribution in [-0.2, 0) is 20.7 Å². The van der Waals surface area contributed by atoms with Gasteiger partial charge in [0, 0.05) is 5.69 Å². The second-order valence-corrected chi connectivity index (χ2v) is 5.80. The largest absolute Gasteiger partial charge is 0.455 e. The zero-order valence-electron chi connectivity index (χ0n) is 14.1. The van der Waals surface area contributed by atoms with Crippen LogP contribution in [0.4, 0.5) is 5.69 Å². The number of esters is 1. The lowest BCUT2D eigenvalue weighted by atomic mass is 9.99. The van der Waals surface area contributed by atoms with Gasteiger partial charge in [-0.05, 0) is 35.6 Å². The van der Waals surface area contributed by atoms with Crippen molar-refractivity contribution in [3.8, 4) is 0 Å². The normalized spacial score (nSPS) is 11.6. The molecule has 4 nitrogen and oxygen atoms in total. The maximum Gasteiger partial charge on any atom is 0.310 e. The predicted molar refractivity (Wildman–Crippen MR) is 94.9 cm³/mol. The molecule has 1 atom stereocenters. The van der Waals surface area contributed by atoms with E-state index >= 15 is 0 Å². The molecule has 0 aliphatic rings. The first-order chi connectivity index (χ1) is 11.6. The van der Waals surface area contributed by atoms with Crippen molar-refractivity contribution in [1.82, 2.24) is 0 Å². The monoisotopic (exact) mass is 325 g/mol. The number of hydrogen-bond acceptors (Lipinski definition) is 3. The molecule has 126 valence electrons. The molecule has 0 spiro atoms. The topological polar surface area (TPSA) is 55.4 Å². The Bertz CT molecular complexity index is 665. The van der Waals surface area contributed by atoms with E-state index in [9.17, 15) is 9.59 Å². The molecule has 0 aromatic heterocycles. The lowest BCUT2D eigenvalue weighted by molar-refractivity contribution is -0.146. The molecule has 0 radical (unpaired) electrons. The molecule has 1 N–H and O–H groups in total. The summed E-state index contributed by atoms with van der Waals surface area (Å²) >= 11 is 0. The third-order valence-corrected chi connectivity index (χ3v) is 3.93. The summed E-state index contributed by atoms with van der Waals surface area (Å²) in [6.45, 7) is 4.03. The van der Waals surface area contributed by atoms with E-state index < -0.39 is 5.97 Å². The summed E-state index contributed by atoms with van der Waals surface area (Å²) in [7, 11) is 0. The van der Waals surface area contributed by atoms with Gasteiger partial charge in [0.25, 0.3) is 5.91 Å². The third-order valence-electron chi connectivity index (χ3n) is 3.93. The van der Waals surface area contributed by atoms with Gasteiger partial charge in [0.2, 0.25) is 0 Å². The molecular weight excluding hydrogens is 302 g/mol. The third kappa shape index (κ3) is 5.54. The van der Waals surface area contributed by atoms with Crippen LogP contribution in [0.2, 0.25) is 0 Å². The van der Waals surface area contributed by atoms with Crippen LogP contribution in [0.1, 0.15) is 37.3 Å². The number of ether oxygens (including phenoxy) is 1. The fourth-order valence-electron chi connectivity index (χ4n) is 2.29. The van der Waals surface area contributed by atoms with Crippen LogP contribution in [0.5, 0.6) is 0 Å². The van der Waals surface area contributed by atoms with Gasteiger partial charge in [-0.15, -0.1) is 0 Å². The van der Waals surface area contributed by atoms with E-state index in [0.717, 1.165) is 12.0 Å². The van der Waals surface area contributed by atoms with Crippen molar-refractivity contribution in [1.29, 1.82) is 0 Å². The van der Waals surface area contributed by atoms with Crippen LogP contribution in [0.3, 0.4) is 0 Å². The molecule has 0 heterocycles. The summed E-state index contributed by atoms with van der Waals surface area (Å²) in [6.07, 6.45) is 1.24. The molecule has 0 bridgehead atoms. The summed E-state index contributed by atoms with van der Waals surface area (Å²) < 4.78 is 5.01. The number of hydrogen-bond donors (Lipinski definition) is 1. The number of rotatable bonds is 7. The van der Waals surface area contributed by atoms with E-state index in [0.29, 0.717) is 11.6 Å². The lowest BCUT2D eigenvalue weighted by Gasteiger charge is -2.10. The second kappa shape index (κ2) is 8.87. The van der Waals surface area contributed by atoms with Gasteiger partial charge in [-0.2, -0.15) is 0 Å². The summed E-state index contributed by atoms with van der Waals surface area (Å²) in [4.78, 5) is 23.6. The van der Waals surface area contributed by atoms with Crippen LogP contribution in [0.15, 0.2) is 54.6 Å². The van der Waals surface area contributed by atoms with Gasteiger partial charge in [-0.3, -0.25) is 9.59 Å². The first-order valence-corrected chi connectivity index (χ1v) is 8.18. The highest BCUT2D eigenvalue weighted by atomic mass is 16.5. The predicted octanol–water partition coefficient (Wildman–Crippen LogP) is 3.92. The van der Waals surface area contributed by atoms with Crippen molar-refractivity contribution in [2.24, 2.45) is 0 Å². The highest BCUT2D eigenvalue weighted by Gasteiger charge is 2.09. The van der Waals surface area contributed by atoms with E-state index in [4.69, 9.17) is 4.74 Å². The minimum absolute atomic E-state index is 0.164. The van der Waals surface area contributed by atoms with Gasteiger partial charge in [-0.25, -0.2) is 0 Å². The Labute approximate surface area is 142 Å². The number of nitrogens with one attached hydrogen (secondary N) is 1. The Morgan fingerprint density at radius 3 is 2.33 bits per heavy atom. The maximum absolute atomic E-state index is 11.9. The van der Waals surface area contributed by atoms with Gasteiger partial charge in [0.1, 0.15) is 0 Å². The fourth-order valence-corrected chi connectivity index (χ4v) is 2.29. The average Bonchev–Trinajstić information content (AvgIpc) is 2.61. The first kappa shape index (κ1) is 17.7. The lowest BCUT2D eigenvalue weighted by Crippen LogP contribution is -2.21. The van der Waals surface area contributed by atoms with E-state index in [1.165, 1.54) is 5.56 Å². The Hall–Kier alpha value is -2.62. The number of carbonyl (C=O) groups is 2. The summed E-state index contributed by atoms with van der Waals surface area (Å²) in [5.41, 5.74) is 2.81. The quantitative estimate of drug-likeness (QED) is 0.785. The van der Waals surface area contributed by atoms with Gasteiger partial charge < -0.3 is 10.1 Å². The number of anilines is 1. The number of amides is 1. The Morgan fingerprint density at radius 2 is 1.71 bits per heavy atom. The second-order valence-electron chi connectivity index (χ2n) is 5.80. The molecule has 0 saturated heterocycles. The van der Waals surface area contributed by atoms with Gasteiger partial charge in [0.15, 0.2) is 6.61 Å². The minimum Gasteiger partial charge on any atom is -0.455 e. The van der Waals surface area contributed by atoms with Gasteiger partial charge in [-0.1, -0.05) is 56.3 Å². The van der Waals surface area contributed by atoms with Crippen molar-refractivity contribution in [3.05, 3.63) is 65.7 Å². The fraction of sp³-hybridized carbons (Fsp3) is 0.300. The van der Waals surface area contributed by atoms with Crippen molar-refractivity contribution in [2.75, 3.05) is 11.9 Å². The smallest absolute Gasteiger partial charge is 0.310 e. The van der Waals surface area contributed by atoms with E-state index in [2.05, 4.69) is 19.2 Å². The van der Waals surface area contributed by atoms with E-state index in [1.54, 1.807) is 0 Å².